The molecule has 0 saturated carbocycles. The van der Waals surface area contributed by atoms with Crippen LogP contribution >= 0.6 is 0 Å². The molecular weight excluding hydrogens is 421 g/mol. The van der Waals surface area contributed by atoms with Crippen LogP contribution in [0.2, 0.25) is 0 Å². The van der Waals surface area contributed by atoms with E-state index < -0.39 is 10.1 Å². The molecule has 0 spiro atoms. The van der Waals surface area contributed by atoms with Crippen molar-refractivity contribution in [2.75, 3.05) is 7.11 Å². The van der Waals surface area contributed by atoms with Gasteiger partial charge in [0.2, 0.25) is 0 Å². The van der Waals surface area contributed by atoms with Crippen LogP contribution in [0, 0.1) is 6.92 Å². The lowest BCUT2D eigenvalue weighted by Gasteiger charge is -2.06. The first-order chi connectivity index (χ1) is 15.4. The molecule has 3 rings (SSSR count). The number of rotatable bonds is 13. The van der Waals surface area contributed by atoms with Crippen LogP contribution in [0.25, 0.3) is 10.9 Å². The van der Waals surface area contributed by atoms with Gasteiger partial charge in [-0.25, -0.2) is 0 Å². The molecule has 0 aliphatic rings. The maximum absolute atomic E-state index is 12.6. The van der Waals surface area contributed by atoms with Gasteiger partial charge in [-0.15, -0.1) is 0 Å². The Hall–Kier alpha value is -2.09. The molecule has 7 heteroatoms. The van der Waals surface area contributed by atoms with E-state index in [0.29, 0.717) is 7.62 Å². The molecule has 3 aromatic rings. The van der Waals surface area contributed by atoms with E-state index >= 15 is 0 Å². The van der Waals surface area contributed by atoms with Gasteiger partial charge >= 0.3 is 7.62 Å². The van der Waals surface area contributed by atoms with Gasteiger partial charge in [-0.3, -0.25) is 4.18 Å². The van der Waals surface area contributed by atoms with Gasteiger partial charge in [0.05, 0.1) is 11.5 Å². The Morgan fingerprint density at radius 2 is 1.69 bits per heavy atom. The number of hydrogen-bond donors (Lipinski definition) is 0. The summed E-state index contributed by atoms with van der Waals surface area (Å²) in [7, 11) is -1.76. The zero-order valence-corrected chi connectivity index (χ0v) is 20.3. The standard InChI is InChI=1S/C25H34BNO4S/c1-4-5-6-7-8-9-10-21-13-16-24-22(18-27(26-30-3)25(24)17-21)19-31-32(28,29)23-14-11-20(2)12-15-23/h11-18,26H,4-10,19H2,1-3H3. The van der Waals surface area contributed by atoms with Gasteiger partial charge in [0.15, 0.2) is 0 Å². The molecule has 0 fully saturated rings. The molecule has 2 aromatic carbocycles. The number of aryl methyl sites for hydroxylation is 2. The molecule has 32 heavy (non-hydrogen) atoms. The van der Waals surface area contributed by atoms with Gasteiger partial charge in [-0.2, -0.15) is 8.42 Å². The summed E-state index contributed by atoms with van der Waals surface area (Å²) in [5, 5.41) is 0.993. The predicted octanol–water partition coefficient (Wildman–Crippen LogP) is 5.52. The molecule has 0 bridgehead atoms. The molecule has 1 heterocycles. The van der Waals surface area contributed by atoms with Crippen LogP contribution in [0.15, 0.2) is 53.6 Å². The lowest BCUT2D eigenvalue weighted by atomic mass is 10.0. The number of aromatic nitrogens is 1. The zero-order valence-electron chi connectivity index (χ0n) is 19.5. The minimum absolute atomic E-state index is 0.0137. The Labute approximate surface area is 193 Å². The van der Waals surface area contributed by atoms with Crippen molar-refractivity contribution in [3.8, 4) is 0 Å². The molecule has 0 atom stereocenters. The van der Waals surface area contributed by atoms with Gasteiger partial charge in [-0.1, -0.05) is 68.9 Å². The van der Waals surface area contributed by atoms with Crippen molar-refractivity contribution >= 4 is 28.6 Å². The average Bonchev–Trinajstić information content (AvgIpc) is 3.12. The highest BCUT2D eigenvalue weighted by Crippen LogP contribution is 2.25. The molecule has 0 radical (unpaired) electrons. The Morgan fingerprint density at radius 1 is 0.969 bits per heavy atom. The van der Waals surface area contributed by atoms with E-state index in [-0.39, 0.29) is 11.5 Å². The second kappa shape index (κ2) is 11.7. The number of fused-ring (bicyclic) bond motifs is 1. The molecule has 0 unspecified atom stereocenters. The smallest absolute Gasteiger partial charge is 0.400 e. The minimum atomic E-state index is -3.82. The predicted molar refractivity (Wildman–Crippen MR) is 132 cm³/mol. The zero-order chi connectivity index (χ0) is 23.0. The lowest BCUT2D eigenvalue weighted by Crippen LogP contribution is -2.08. The number of nitrogens with zero attached hydrogens (tertiary/aromatic N) is 1. The number of unbranched alkanes of at least 4 members (excludes halogenated alkanes) is 5. The van der Waals surface area contributed by atoms with Crippen molar-refractivity contribution in [3.05, 3.63) is 65.4 Å². The Kier molecular flexibility index (Phi) is 8.97. The Bertz CT molecular complexity index is 1110. The van der Waals surface area contributed by atoms with Crippen LogP contribution < -0.4 is 0 Å². The monoisotopic (exact) mass is 455 g/mol. The van der Waals surface area contributed by atoms with Gasteiger partial charge < -0.3 is 9.13 Å². The van der Waals surface area contributed by atoms with E-state index in [1.54, 1.807) is 31.4 Å². The fraction of sp³-hybridized carbons (Fsp3) is 0.440. The van der Waals surface area contributed by atoms with E-state index in [1.165, 1.54) is 44.1 Å². The fourth-order valence-corrected chi connectivity index (χ4v) is 4.84. The van der Waals surface area contributed by atoms with Crippen molar-refractivity contribution in [2.24, 2.45) is 0 Å². The SMILES string of the molecule is CCCCCCCCc1ccc2c(COS(=O)(=O)c3ccc(C)cc3)cn(BOC)c2c1. The van der Waals surface area contributed by atoms with E-state index in [0.717, 1.165) is 28.5 Å². The summed E-state index contributed by atoms with van der Waals surface area (Å²) in [5.41, 5.74) is 4.17. The number of benzene rings is 2. The summed E-state index contributed by atoms with van der Waals surface area (Å²) in [6.07, 6.45) is 10.6. The number of hydrogen-bond acceptors (Lipinski definition) is 4. The Balaban J connectivity index is 1.72. The van der Waals surface area contributed by atoms with Crippen LogP contribution in [-0.2, 0) is 32.0 Å². The molecule has 0 aliphatic carbocycles. The molecule has 172 valence electrons. The first-order valence-electron chi connectivity index (χ1n) is 11.5. The second-order valence-electron chi connectivity index (χ2n) is 8.44. The average molecular weight is 455 g/mol. The molecule has 0 aliphatic heterocycles. The highest BCUT2D eigenvalue weighted by Gasteiger charge is 2.17. The maximum Gasteiger partial charge on any atom is 0.400 e. The summed E-state index contributed by atoms with van der Waals surface area (Å²) in [5.74, 6) is 0. The largest absolute Gasteiger partial charge is 0.422 e. The molecule has 0 N–H and O–H groups in total. The fourth-order valence-electron chi connectivity index (χ4n) is 3.95. The van der Waals surface area contributed by atoms with Gasteiger partial charge in [0.1, 0.15) is 0 Å². The van der Waals surface area contributed by atoms with Crippen molar-refractivity contribution in [2.45, 2.75) is 70.3 Å². The molecule has 1 aromatic heterocycles. The van der Waals surface area contributed by atoms with Gasteiger partial charge in [-0.05, 0) is 49.7 Å². The highest BCUT2D eigenvalue weighted by atomic mass is 32.2. The lowest BCUT2D eigenvalue weighted by molar-refractivity contribution is 0.309. The van der Waals surface area contributed by atoms with Crippen LogP contribution in [0.5, 0.6) is 0 Å². The van der Waals surface area contributed by atoms with Crippen LogP contribution in [0.3, 0.4) is 0 Å². The molecule has 0 amide bonds. The normalized spacial score (nSPS) is 11.8. The third-order valence-electron chi connectivity index (χ3n) is 5.80. The summed E-state index contributed by atoms with van der Waals surface area (Å²) < 4.78 is 38.0. The quantitative estimate of drug-likeness (QED) is 0.194. The maximum atomic E-state index is 12.6. The van der Waals surface area contributed by atoms with E-state index in [2.05, 4.69) is 25.1 Å². The van der Waals surface area contributed by atoms with Crippen LogP contribution in [0.4, 0.5) is 0 Å². The van der Waals surface area contributed by atoms with E-state index in [4.69, 9.17) is 8.84 Å². The minimum Gasteiger partial charge on any atom is -0.422 e. The molecule has 0 saturated heterocycles. The van der Waals surface area contributed by atoms with Crippen molar-refractivity contribution in [3.63, 3.8) is 0 Å². The highest BCUT2D eigenvalue weighted by molar-refractivity contribution is 7.86. The van der Waals surface area contributed by atoms with Gasteiger partial charge in [0, 0.05) is 23.6 Å². The van der Waals surface area contributed by atoms with Gasteiger partial charge in [0.25, 0.3) is 10.1 Å². The van der Waals surface area contributed by atoms with Crippen molar-refractivity contribution < 1.29 is 17.3 Å². The molecule has 5 nitrogen and oxygen atoms in total. The van der Waals surface area contributed by atoms with Crippen LogP contribution in [0.1, 0.15) is 62.1 Å². The van der Waals surface area contributed by atoms with E-state index in [9.17, 15) is 8.42 Å². The summed E-state index contributed by atoms with van der Waals surface area (Å²) in [4.78, 5) is 0.171. The first kappa shape index (κ1) is 24.6. The summed E-state index contributed by atoms with van der Waals surface area (Å²) in [6.45, 7) is 4.14. The third-order valence-corrected chi connectivity index (χ3v) is 7.07. The summed E-state index contributed by atoms with van der Waals surface area (Å²) >= 11 is 0. The van der Waals surface area contributed by atoms with Crippen molar-refractivity contribution in [1.82, 2.24) is 4.48 Å². The van der Waals surface area contributed by atoms with Crippen LogP contribution in [-0.4, -0.2) is 27.6 Å². The first-order valence-corrected chi connectivity index (χ1v) is 12.9. The summed E-state index contributed by atoms with van der Waals surface area (Å²) in [6, 6.07) is 13.1. The third kappa shape index (κ3) is 6.47. The Morgan fingerprint density at radius 3 is 2.41 bits per heavy atom. The van der Waals surface area contributed by atoms with E-state index in [1.807, 2.05) is 17.6 Å². The second-order valence-corrected chi connectivity index (χ2v) is 10.1. The molecular formula is C25H34BNO4S. The topological polar surface area (TPSA) is 57.5 Å². The van der Waals surface area contributed by atoms with Crippen molar-refractivity contribution in [1.29, 1.82) is 0 Å².